The van der Waals surface area contributed by atoms with E-state index in [9.17, 15) is 21.6 Å². The summed E-state index contributed by atoms with van der Waals surface area (Å²) < 4.78 is 50.6. The predicted octanol–water partition coefficient (Wildman–Crippen LogP) is 1.96. The second kappa shape index (κ2) is 6.69. The summed E-state index contributed by atoms with van der Waals surface area (Å²) in [6, 6.07) is 16.3. The number of hydrogen-bond donors (Lipinski definition) is 0. The largest absolute Gasteiger partial charge is 0.273 e. The van der Waals surface area contributed by atoms with Crippen LogP contribution in [0, 0.1) is 5.92 Å². The van der Waals surface area contributed by atoms with Gasteiger partial charge < -0.3 is 0 Å². The second-order valence-corrected chi connectivity index (χ2v) is 9.79. The molecule has 8 heteroatoms. The summed E-state index contributed by atoms with van der Waals surface area (Å²) in [5.41, 5.74) is 0.805. The first-order valence-corrected chi connectivity index (χ1v) is 10.9. The third-order valence-electron chi connectivity index (χ3n) is 4.15. The number of sulfone groups is 1. The highest BCUT2D eigenvalue weighted by molar-refractivity contribution is 7.97. The van der Waals surface area contributed by atoms with Crippen molar-refractivity contribution >= 4 is 25.8 Å². The molecular formula is C18H17NO5S2. The van der Waals surface area contributed by atoms with Crippen LogP contribution >= 0.6 is 0 Å². The van der Waals surface area contributed by atoms with Gasteiger partial charge in [-0.1, -0.05) is 55.1 Å². The Morgan fingerprint density at radius 1 is 1.04 bits per heavy atom. The highest BCUT2D eigenvalue weighted by Crippen LogP contribution is 2.32. The molecular weight excluding hydrogens is 374 g/mol. The first kappa shape index (κ1) is 18.3. The highest BCUT2D eigenvalue weighted by atomic mass is 32.2. The summed E-state index contributed by atoms with van der Waals surface area (Å²) in [4.78, 5) is 12.6. The van der Waals surface area contributed by atoms with Gasteiger partial charge in [0, 0.05) is 0 Å². The molecule has 0 spiro atoms. The van der Waals surface area contributed by atoms with Gasteiger partial charge in [-0.05, 0) is 24.1 Å². The van der Waals surface area contributed by atoms with E-state index in [1.54, 1.807) is 30.3 Å². The number of benzene rings is 2. The molecule has 1 heterocycles. The molecule has 1 fully saturated rings. The lowest BCUT2D eigenvalue weighted by Gasteiger charge is -2.18. The summed E-state index contributed by atoms with van der Waals surface area (Å²) in [7, 11) is -8.28. The number of sulfonamides is 1. The standard InChI is InChI=1S/C18H17NO5S2/c1-14(26(23,24)17-10-6-3-7-11-17)19-18(20)16(13-25(19,21)22)12-15-8-4-2-5-9-15/h2-11,16H,1,12-13H2. The Bertz CT molecular complexity index is 1050. The molecule has 0 aliphatic carbocycles. The van der Waals surface area contributed by atoms with Gasteiger partial charge in [0.2, 0.25) is 25.8 Å². The third kappa shape index (κ3) is 3.30. The Balaban J connectivity index is 1.92. The van der Waals surface area contributed by atoms with Gasteiger partial charge in [-0.25, -0.2) is 16.8 Å². The number of rotatable bonds is 5. The number of amides is 1. The number of hydrogen-bond acceptors (Lipinski definition) is 5. The zero-order valence-corrected chi connectivity index (χ0v) is 15.4. The van der Waals surface area contributed by atoms with Crippen molar-refractivity contribution in [2.45, 2.75) is 11.3 Å². The predicted molar refractivity (Wildman–Crippen MR) is 97.0 cm³/mol. The van der Waals surface area contributed by atoms with E-state index in [-0.39, 0.29) is 11.3 Å². The molecule has 1 saturated heterocycles. The Morgan fingerprint density at radius 2 is 1.58 bits per heavy atom. The molecule has 0 N–H and O–H groups in total. The number of carbonyl (C=O) groups is 1. The van der Waals surface area contributed by atoms with E-state index in [2.05, 4.69) is 6.58 Å². The van der Waals surface area contributed by atoms with Crippen LogP contribution in [0.1, 0.15) is 5.56 Å². The van der Waals surface area contributed by atoms with Crippen LogP contribution in [-0.4, -0.2) is 32.8 Å². The molecule has 1 atom stereocenters. The zero-order chi connectivity index (χ0) is 18.9. The molecule has 2 aromatic rings. The molecule has 1 aliphatic heterocycles. The van der Waals surface area contributed by atoms with Crippen molar-refractivity contribution in [3.8, 4) is 0 Å². The molecule has 1 aliphatic rings. The van der Waals surface area contributed by atoms with E-state index in [4.69, 9.17) is 0 Å². The van der Waals surface area contributed by atoms with Crippen LogP contribution in [0.2, 0.25) is 0 Å². The molecule has 0 bridgehead atoms. The molecule has 0 saturated carbocycles. The van der Waals surface area contributed by atoms with Crippen LogP contribution in [0.5, 0.6) is 0 Å². The van der Waals surface area contributed by atoms with Crippen LogP contribution in [0.15, 0.2) is 77.2 Å². The Kier molecular flexibility index (Phi) is 4.72. The van der Waals surface area contributed by atoms with Gasteiger partial charge >= 0.3 is 0 Å². The fourth-order valence-electron chi connectivity index (χ4n) is 2.87. The number of nitrogens with zero attached hydrogens (tertiary/aromatic N) is 1. The van der Waals surface area contributed by atoms with Gasteiger partial charge in [-0.15, -0.1) is 0 Å². The van der Waals surface area contributed by atoms with E-state index in [1.165, 1.54) is 24.3 Å². The molecule has 136 valence electrons. The Morgan fingerprint density at radius 3 is 2.15 bits per heavy atom. The number of carbonyl (C=O) groups excluding carboxylic acids is 1. The summed E-state index contributed by atoms with van der Waals surface area (Å²) in [6.07, 6.45) is 0.216. The normalized spacial score (nSPS) is 19.5. The maximum Gasteiger partial charge on any atom is 0.245 e. The van der Waals surface area contributed by atoms with Crippen molar-refractivity contribution in [2.24, 2.45) is 5.92 Å². The molecule has 1 amide bonds. The molecule has 6 nitrogen and oxygen atoms in total. The van der Waals surface area contributed by atoms with Gasteiger partial charge in [-0.2, -0.15) is 4.31 Å². The average Bonchev–Trinajstić information content (AvgIpc) is 2.84. The minimum atomic E-state index is -4.19. The van der Waals surface area contributed by atoms with Crippen molar-refractivity contribution in [3.63, 3.8) is 0 Å². The quantitative estimate of drug-likeness (QED) is 0.777. The molecule has 26 heavy (non-hydrogen) atoms. The summed E-state index contributed by atoms with van der Waals surface area (Å²) >= 11 is 0. The molecule has 2 aromatic carbocycles. The van der Waals surface area contributed by atoms with Gasteiger partial charge in [0.25, 0.3) is 0 Å². The minimum absolute atomic E-state index is 0.112. The van der Waals surface area contributed by atoms with Crippen LogP contribution in [-0.2, 0) is 31.1 Å². The maximum absolute atomic E-state index is 12.7. The van der Waals surface area contributed by atoms with Crippen molar-refractivity contribution in [1.82, 2.24) is 4.31 Å². The van der Waals surface area contributed by atoms with E-state index < -0.39 is 42.5 Å². The van der Waals surface area contributed by atoms with Gasteiger partial charge in [0.15, 0.2) is 0 Å². The van der Waals surface area contributed by atoms with Crippen molar-refractivity contribution < 1.29 is 21.6 Å². The van der Waals surface area contributed by atoms with Gasteiger partial charge in [0.05, 0.1) is 16.6 Å². The van der Waals surface area contributed by atoms with Crippen molar-refractivity contribution in [3.05, 3.63) is 77.8 Å². The highest BCUT2D eigenvalue weighted by Gasteiger charge is 2.47. The second-order valence-electron chi connectivity index (χ2n) is 5.98. The fraction of sp³-hybridized carbons (Fsp3) is 0.167. The lowest BCUT2D eigenvalue weighted by Crippen LogP contribution is -2.33. The third-order valence-corrected chi connectivity index (χ3v) is 7.75. The van der Waals surface area contributed by atoms with E-state index in [1.807, 2.05) is 6.07 Å². The minimum Gasteiger partial charge on any atom is -0.273 e. The SMILES string of the molecule is C=C(N1C(=O)C(Cc2ccccc2)CS1(=O)=O)S(=O)(=O)c1ccccc1. The van der Waals surface area contributed by atoms with Crippen LogP contribution in [0.3, 0.4) is 0 Å². The van der Waals surface area contributed by atoms with Gasteiger partial charge in [-0.3, -0.25) is 4.79 Å². The Labute approximate surface area is 152 Å². The summed E-state index contributed by atoms with van der Waals surface area (Å²) in [6.45, 7) is 3.41. The van der Waals surface area contributed by atoms with Crippen LogP contribution < -0.4 is 0 Å². The summed E-state index contributed by atoms with van der Waals surface area (Å²) in [5, 5.41) is -0.732. The van der Waals surface area contributed by atoms with Gasteiger partial charge in [0.1, 0.15) is 5.03 Å². The zero-order valence-electron chi connectivity index (χ0n) is 13.8. The molecule has 1 unspecified atom stereocenters. The monoisotopic (exact) mass is 391 g/mol. The Hall–Kier alpha value is -2.45. The summed E-state index contributed by atoms with van der Waals surface area (Å²) in [5.74, 6) is -2.05. The van der Waals surface area contributed by atoms with E-state index >= 15 is 0 Å². The smallest absolute Gasteiger partial charge is 0.245 e. The lowest BCUT2D eigenvalue weighted by atomic mass is 10.0. The average molecular weight is 391 g/mol. The van der Waals surface area contributed by atoms with Crippen LogP contribution in [0.25, 0.3) is 0 Å². The van der Waals surface area contributed by atoms with Crippen LogP contribution in [0.4, 0.5) is 0 Å². The lowest BCUT2D eigenvalue weighted by molar-refractivity contribution is -0.127. The fourth-order valence-corrected chi connectivity index (χ4v) is 6.25. The van der Waals surface area contributed by atoms with Crippen molar-refractivity contribution in [1.29, 1.82) is 0 Å². The maximum atomic E-state index is 12.7. The molecule has 3 rings (SSSR count). The molecule has 0 aromatic heterocycles. The topological polar surface area (TPSA) is 88.6 Å². The van der Waals surface area contributed by atoms with E-state index in [0.29, 0.717) is 4.31 Å². The van der Waals surface area contributed by atoms with E-state index in [0.717, 1.165) is 5.56 Å². The first-order chi connectivity index (χ1) is 12.2. The molecule has 0 radical (unpaired) electrons. The first-order valence-electron chi connectivity index (χ1n) is 7.83. The van der Waals surface area contributed by atoms with Crippen molar-refractivity contribution in [2.75, 3.05) is 5.75 Å².